The third-order valence-corrected chi connectivity index (χ3v) is 4.01. The number of ether oxygens (including phenoxy) is 1. The fraction of sp³-hybridized carbons (Fsp3) is 1.00. The van der Waals surface area contributed by atoms with Gasteiger partial charge in [0, 0.05) is 7.11 Å². The molecule has 3 N–H and O–H groups in total. The van der Waals surface area contributed by atoms with E-state index in [2.05, 4.69) is 8.37 Å². The molecule has 0 aromatic rings. The van der Waals surface area contributed by atoms with E-state index in [0.717, 1.165) is 7.11 Å². The van der Waals surface area contributed by atoms with Gasteiger partial charge < -0.3 is 20.1 Å². The number of methoxy groups -OCH3 is 1. The minimum absolute atomic E-state index is 0.677. The minimum atomic E-state index is -4.10. The van der Waals surface area contributed by atoms with Crippen LogP contribution >= 0.6 is 0 Å². The normalized spacial score (nSPS) is 38.4. The zero-order valence-corrected chi connectivity index (χ0v) is 13.1. The summed E-state index contributed by atoms with van der Waals surface area (Å²) in [6.07, 6.45) is -8.88. The molecule has 0 unspecified atom stereocenters. The lowest BCUT2D eigenvalue weighted by Gasteiger charge is -2.43. The molecule has 0 aromatic heterocycles. The van der Waals surface area contributed by atoms with E-state index in [0.29, 0.717) is 12.5 Å². The Bertz CT molecular complexity index is 555. The third-order valence-electron chi connectivity index (χ3n) is 2.86. The molecule has 0 saturated heterocycles. The molecular weight excluding hydrogens is 332 g/mol. The molecule has 0 bridgehead atoms. The zero-order chi connectivity index (χ0) is 16.6. The van der Waals surface area contributed by atoms with E-state index < -0.39 is 56.9 Å². The number of hydrogen-bond donors (Lipinski definition) is 3. The van der Waals surface area contributed by atoms with E-state index in [1.807, 2.05) is 0 Å². The molecule has 1 rings (SSSR count). The van der Waals surface area contributed by atoms with Crippen LogP contribution in [-0.2, 0) is 33.3 Å². The number of rotatable bonds is 5. The maximum atomic E-state index is 11.3. The molecule has 1 aliphatic rings. The summed E-state index contributed by atoms with van der Waals surface area (Å²) >= 11 is 0. The molecule has 0 amide bonds. The molecule has 12 heteroatoms. The van der Waals surface area contributed by atoms with Crippen LogP contribution < -0.4 is 0 Å². The highest BCUT2D eigenvalue weighted by atomic mass is 32.2. The van der Waals surface area contributed by atoms with Gasteiger partial charge in [0.15, 0.2) is 0 Å². The second-order valence-corrected chi connectivity index (χ2v) is 7.90. The predicted molar refractivity (Wildman–Crippen MR) is 68.3 cm³/mol. The molecule has 6 atom stereocenters. The lowest BCUT2D eigenvalue weighted by molar-refractivity contribution is -0.215. The predicted octanol–water partition coefficient (Wildman–Crippen LogP) is -3.21. The van der Waals surface area contributed by atoms with Gasteiger partial charge in [0.1, 0.15) is 36.6 Å². The summed E-state index contributed by atoms with van der Waals surface area (Å²) in [6, 6.07) is 0. The maximum absolute atomic E-state index is 11.3. The van der Waals surface area contributed by atoms with Crippen molar-refractivity contribution in [1.82, 2.24) is 0 Å². The number of hydrogen-bond acceptors (Lipinski definition) is 10. The summed E-state index contributed by atoms with van der Waals surface area (Å²) in [7, 11) is -7.09. The quantitative estimate of drug-likeness (QED) is 0.431. The highest BCUT2D eigenvalue weighted by molar-refractivity contribution is 7.86. The van der Waals surface area contributed by atoms with Gasteiger partial charge in [-0.25, -0.2) is 0 Å². The van der Waals surface area contributed by atoms with Crippen molar-refractivity contribution in [3.05, 3.63) is 0 Å². The fourth-order valence-electron chi connectivity index (χ4n) is 2.06. The second kappa shape index (κ2) is 6.42. The van der Waals surface area contributed by atoms with Crippen molar-refractivity contribution in [2.75, 3.05) is 19.6 Å². The molecular formula is C9H18O10S2. The Morgan fingerprint density at radius 3 is 1.48 bits per heavy atom. The molecule has 21 heavy (non-hydrogen) atoms. The van der Waals surface area contributed by atoms with Gasteiger partial charge in [-0.05, 0) is 0 Å². The van der Waals surface area contributed by atoms with Gasteiger partial charge in [-0.3, -0.25) is 8.37 Å². The largest absolute Gasteiger partial charge is 0.387 e. The number of aliphatic hydroxyl groups is 3. The van der Waals surface area contributed by atoms with Crippen LogP contribution in [0, 0.1) is 0 Å². The molecule has 1 aliphatic carbocycles. The van der Waals surface area contributed by atoms with E-state index in [9.17, 15) is 32.2 Å². The van der Waals surface area contributed by atoms with Crippen molar-refractivity contribution in [3.63, 3.8) is 0 Å². The Hall–Kier alpha value is -0.340. The molecule has 1 fully saturated rings. The van der Waals surface area contributed by atoms with E-state index >= 15 is 0 Å². The van der Waals surface area contributed by atoms with Crippen LogP contribution in [0.2, 0.25) is 0 Å². The van der Waals surface area contributed by atoms with Gasteiger partial charge >= 0.3 is 0 Å². The van der Waals surface area contributed by atoms with Crippen molar-refractivity contribution < 1.29 is 45.3 Å². The van der Waals surface area contributed by atoms with Crippen LogP contribution in [0.25, 0.3) is 0 Å². The summed E-state index contributed by atoms with van der Waals surface area (Å²) in [4.78, 5) is 0. The first-order valence-corrected chi connectivity index (χ1v) is 9.34. The molecule has 0 aliphatic heterocycles. The number of aliphatic hydroxyl groups excluding tert-OH is 3. The zero-order valence-electron chi connectivity index (χ0n) is 11.5. The van der Waals surface area contributed by atoms with Gasteiger partial charge in [0.25, 0.3) is 20.2 Å². The lowest BCUT2D eigenvalue weighted by atomic mass is 9.85. The van der Waals surface area contributed by atoms with Crippen molar-refractivity contribution >= 4 is 20.2 Å². The molecule has 0 spiro atoms. The Morgan fingerprint density at radius 1 is 0.714 bits per heavy atom. The van der Waals surface area contributed by atoms with Crippen LogP contribution in [0.5, 0.6) is 0 Å². The van der Waals surface area contributed by atoms with Crippen molar-refractivity contribution in [1.29, 1.82) is 0 Å². The highest BCUT2D eigenvalue weighted by Gasteiger charge is 2.53. The third kappa shape index (κ3) is 4.82. The molecule has 0 heterocycles. The standard InChI is InChI=1S/C9H18O10S2/c1-17-7-5(11)4(10)6(12)8(18-20(2,13)14)9(7)19-21(3,15)16/h4-12H,1-3H3/t4-,5-,6+,7+,8+,9+/m1/s1. The van der Waals surface area contributed by atoms with Gasteiger partial charge in [-0.2, -0.15) is 16.8 Å². The van der Waals surface area contributed by atoms with E-state index in [1.54, 1.807) is 0 Å². The first kappa shape index (κ1) is 18.7. The lowest BCUT2D eigenvalue weighted by Crippen LogP contribution is -2.66. The van der Waals surface area contributed by atoms with Gasteiger partial charge in [-0.1, -0.05) is 0 Å². The maximum Gasteiger partial charge on any atom is 0.264 e. The molecule has 10 nitrogen and oxygen atoms in total. The van der Waals surface area contributed by atoms with Gasteiger partial charge in [0.05, 0.1) is 12.5 Å². The summed E-state index contributed by atoms with van der Waals surface area (Å²) in [5.41, 5.74) is 0. The molecule has 1 saturated carbocycles. The van der Waals surface area contributed by atoms with Crippen LogP contribution in [-0.4, -0.2) is 88.4 Å². The van der Waals surface area contributed by atoms with Crippen LogP contribution in [0.1, 0.15) is 0 Å². The van der Waals surface area contributed by atoms with Crippen molar-refractivity contribution in [2.45, 2.75) is 36.6 Å². The SMILES string of the molecule is CO[C@H]1[C@H](O)[C@@H](O)[C@H](O)[C@H](OS(C)(=O)=O)[C@H]1OS(C)(=O)=O. The van der Waals surface area contributed by atoms with E-state index in [-0.39, 0.29) is 0 Å². The summed E-state index contributed by atoms with van der Waals surface area (Å²) in [5.74, 6) is 0. The Morgan fingerprint density at radius 2 is 1.10 bits per heavy atom. The van der Waals surface area contributed by atoms with Crippen LogP contribution in [0.3, 0.4) is 0 Å². The van der Waals surface area contributed by atoms with Gasteiger partial charge in [-0.15, -0.1) is 0 Å². The highest BCUT2D eigenvalue weighted by Crippen LogP contribution is 2.29. The molecule has 126 valence electrons. The van der Waals surface area contributed by atoms with E-state index in [4.69, 9.17) is 4.74 Å². The van der Waals surface area contributed by atoms with Crippen molar-refractivity contribution in [2.24, 2.45) is 0 Å². The molecule has 0 radical (unpaired) electrons. The summed E-state index contributed by atoms with van der Waals surface area (Å²) in [5, 5.41) is 29.3. The fourth-order valence-corrected chi connectivity index (χ4v) is 3.31. The average molecular weight is 350 g/mol. The first-order valence-electron chi connectivity index (χ1n) is 5.71. The topological polar surface area (TPSA) is 157 Å². The van der Waals surface area contributed by atoms with E-state index in [1.165, 1.54) is 0 Å². The first-order chi connectivity index (χ1) is 9.37. The van der Waals surface area contributed by atoms with Crippen molar-refractivity contribution in [3.8, 4) is 0 Å². The average Bonchev–Trinajstić information content (AvgIpc) is 2.29. The van der Waals surface area contributed by atoms with Crippen LogP contribution in [0.4, 0.5) is 0 Å². The second-order valence-electron chi connectivity index (χ2n) is 4.70. The Labute approximate surface area is 122 Å². The monoisotopic (exact) mass is 350 g/mol. The Kier molecular flexibility index (Phi) is 5.72. The summed E-state index contributed by atoms with van der Waals surface area (Å²) < 4.78 is 59.0. The summed E-state index contributed by atoms with van der Waals surface area (Å²) in [6.45, 7) is 0. The smallest absolute Gasteiger partial charge is 0.264 e. The Balaban J connectivity index is 3.23. The van der Waals surface area contributed by atoms with Gasteiger partial charge in [0.2, 0.25) is 0 Å². The molecule has 0 aromatic carbocycles. The van der Waals surface area contributed by atoms with Crippen LogP contribution in [0.15, 0.2) is 0 Å². The minimum Gasteiger partial charge on any atom is -0.387 e.